The van der Waals surface area contributed by atoms with Crippen molar-refractivity contribution < 1.29 is 9.47 Å². The molecule has 0 unspecified atom stereocenters. The molecule has 0 amide bonds. The molecule has 0 fully saturated rings. The van der Waals surface area contributed by atoms with Gasteiger partial charge in [0.1, 0.15) is 13.2 Å². The second-order valence-corrected chi connectivity index (χ2v) is 6.20. The van der Waals surface area contributed by atoms with Crippen LogP contribution in [0.3, 0.4) is 0 Å². The van der Waals surface area contributed by atoms with Gasteiger partial charge >= 0.3 is 0 Å². The van der Waals surface area contributed by atoms with Crippen molar-refractivity contribution in [1.82, 2.24) is 10.6 Å². The SMILES string of the molecule is CN=C(NCc1ccsc1)NCc1cc(Cl)c2c(c1)OCCO2. The highest BCUT2D eigenvalue weighted by atomic mass is 35.5. The summed E-state index contributed by atoms with van der Waals surface area (Å²) in [5.74, 6) is 2.06. The molecule has 2 heterocycles. The zero-order valence-corrected chi connectivity index (χ0v) is 14.3. The highest BCUT2D eigenvalue weighted by Gasteiger charge is 2.16. The van der Waals surface area contributed by atoms with Crippen molar-refractivity contribution in [2.75, 3.05) is 20.3 Å². The molecule has 0 atom stereocenters. The van der Waals surface area contributed by atoms with E-state index in [0.29, 0.717) is 36.3 Å². The van der Waals surface area contributed by atoms with E-state index in [1.807, 2.05) is 12.1 Å². The molecule has 1 aromatic heterocycles. The summed E-state index contributed by atoms with van der Waals surface area (Å²) in [4.78, 5) is 4.22. The normalized spacial score (nSPS) is 13.7. The van der Waals surface area contributed by atoms with Crippen molar-refractivity contribution in [1.29, 1.82) is 0 Å². The molecule has 1 aliphatic heterocycles. The molecule has 1 aliphatic rings. The summed E-state index contributed by atoms with van der Waals surface area (Å²) >= 11 is 7.93. The fourth-order valence-corrected chi connectivity index (χ4v) is 3.21. The van der Waals surface area contributed by atoms with Crippen LogP contribution < -0.4 is 20.1 Å². The first-order valence-corrected chi connectivity index (χ1v) is 8.62. The topological polar surface area (TPSA) is 54.9 Å². The van der Waals surface area contributed by atoms with Crippen molar-refractivity contribution in [3.63, 3.8) is 0 Å². The molecule has 2 aromatic rings. The average Bonchev–Trinajstić information content (AvgIpc) is 3.08. The average molecular weight is 352 g/mol. The van der Waals surface area contributed by atoms with Crippen LogP contribution in [0, 0.1) is 0 Å². The lowest BCUT2D eigenvalue weighted by atomic mass is 10.2. The lowest BCUT2D eigenvalue weighted by molar-refractivity contribution is 0.171. The summed E-state index contributed by atoms with van der Waals surface area (Å²) in [7, 11) is 1.75. The van der Waals surface area contributed by atoms with Crippen molar-refractivity contribution in [2.45, 2.75) is 13.1 Å². The van der Waals surface area contributed by atoms with Gasteiger partial charge in [0.05, 0.1) is 5.02 Å². The summed E-state index contributed by atoms with van der Waals surface area (Å²) in [6.45, 7) is 2.41. The van der Waals surface area contributed by atoms with E-state index in [1.54, 1.807) is 18.4 Å². The number of fused-ring (bicyclic) bond motifs is 1. The van der Waals surface area contributed by atoms with Gasteiger partial charge in [0.15, 0.2) is 17.5 Å². The Morgan fingerprint density at radius 3 is 2.74 bits per heavy atom. The van der Waals surface area contributed by atoms with E-state index in [9.17, 15) is 0 Å². The summed E-state index contributed by atoms with van der Waals surface area (Å²) < 4.78 is 11.1. The Labute approximate surface area is 144 Å². The minimum Gasteiger partial charge on any atom is -0.486 e. The van der Waals surface area contributed by atoms with E-state index in [2.05, 4.69) is 32.5 Å². The van der Waals surface area contributed by atoms with Gasteiger partial charge in [-0.3, -0.25) is 4.99 Å². The minimum absolute atomic E-state index is 0.531. The molecule has 122 valence electrons. The smallest absolute Gasteiger partial charge is 0.191 e. The summed E-state index contributed by atoms with van der Waals surface area (Å²) in [6.07, 6.45) is 0. The number of rotatable bonds is 4. The predicted molar refractivity (Wildman–Crippen MR) is 93.8 cm³/mol. The Hall–Kier alpha value is -1.92. The van der Waals surface area contributed by atoms with Gasteiger partial charge in [0, 0.05) is 20.1 Å². The van der Waals surface area contributed by atoms with Crippen LogP contribution in [-0.4, -0.2) is 26.2 Å². The van der Waals surface area contributed by atoms with Crippen molar-refractivity contribution in [3.8, 4) is 11.5 Å². The summed E-state index contributed by atoms with van der Waals surface area (Å²) in [5.41, 5.74) is 2.25. The van der Waals surface area contributed by atoms with Gasteiger partial charge in [-0.2, -0.15) is 11.3 Å². The summed E-state index contributed by atoms with van der Waals surface area (Å²) in [6, 6.07) is 5.92. The molecular weight excluding hydrogens is 334 g/mol. The number of hydrogen-bond donors (Lipinski definition) is 2. The molecule has 0 saturated heterocycles. The monoisotopic (exact) mass is 351 g/mol. The van der Waals surface area contributed by atoms with Crippen LogP contribution in [0.4, 0.5) is 0 Å². The molecule has 0 radical (unpaired) electrons. The van der Waals surface area contributed by atoms with Crippen molar-refractivity contribution in [3.05, 3.63) is 45.1 Å². The van der Waals surface area contributed by atoms with E-state index in [-0.39, 0.29) is 0 Å². The van der Waals surface area contributed by atoms with Gasteiger partial charge in [0.25, 0.3) is 0 Å². The first kappa shape index (κ1) is 16.0. The number of aliphatic imine (C=N–C) groups is 1. The molecule has 0 spiro atoms. The molecule has 23 heavy (non-hydrogen) atoms. The number of benzene rings is 1. The van der Waals surface area contributed by atoms with E-state index in [1.165, 1.54) is 5.56 Å². The minimum atomic E-state index is 0.531. The lowest BCUT2D eigenvalue weighted by Gasteiger charge is -2.20. The van der Waals surface area contributed by atoms with Crippen LogP contribution in [0.2, 0.25) is 5.02 Å². The Kier molecular flexibility index (Phi) is 5.25. The van der Waals surface area contributed by atoms with Crippen molar-refractivity contribution in [2.24, 2.45) is 4.99 Å². The highest BCUT2D eigenvalue weighted by molar-refractivity contribution is 7.07. The van der Waals surface area contributed by atoms with Gasteiger partial charge in [-0.25, -0.2) is 0 Å². The first-order valence-electron chi connectivity index (χ1n) is 7.30. The largest absolute Gasteiger partial charge is 0.486 e. The number of hydrogen-bond acceptors (Lipinski definition) is 4. The third kappa shape index (κ3) is 4.09. The number of nitrogens with zero attached hydrogens (tertiary/aromatic N) is 1. The highest BCUT2D eigenvalue weighted by Crippen LogP contribution is 2.38. The summed E-state index contributed by atoms with van der Waals surface area (Å²) in [5, 5.41) is 11.3. The molecule has 7 heteroatoms. The van der Waals surface area contributed by atoms with Crippen LogP contribution in [-0.2, 0) is 13.1 Å². The fourth-order valence-electron chi connectivity index (χ4n) is 2.25. The molecule has 2 N–H and O–H groups in total. The maximum absolute atomic E-state index is 6.25. The number of thiophene rings is 1. The number of nitrogens with one attached hydrogen (secondary N) is 2. The van der Waals surface area contributed by atoms with E-state index in [0.717, 1.165) is 18.1 Å². The van der Waals surface area contributed by atoms with Gasteiger partial charge in [-0.05, 0) is 40.1 Å². The van der Waals surface area contributed by atoms with Crippen LogP contribution in [0.1, 0.15) is 11.1 Å². The van der Waals surface area contributed by atoms with E-state index in [4.69, 9.17) is 21.1 Å². The zero-order chi connectivity index (χ0) is 16.1. The third-order valence-electron chi connectivity index (χ3n) is 3.38. The Morgan fingerprint density at radius 2 is 2.00 bits per heavy atom. The number of ether oxygens (including phenoxy) is 2. The second-order valence-electron chi connectivity index (χ2n) is 5.01. The first-order chi connectivity index (χ1) is 11.3. The van der Waals surface area contributed by atoms with E-state index < -0.39 is 0 Å². The van der Waals surface area contributed by atoms with Gasteiger partial charge in [0.2, 0.25) is 0 Å². The maximum Gasteiger partial charge on any atom is 0.191 e. The van der Waals surface area contributed by atoms with Crippen LogP contribution in [0.15, 0.2) is 34.0 Å². The fraction of sp³-hybridized carbons (Fsp3) is 0.312. The lowest BCUT2D eigenvalue weighted by Crippen LogP contribution is -2.36. The van der Waals surface area contributed by atoms with Gasteiger partial charge < -0.3 is 20.1 Å². The standard InChI is InChI=1S/C16H18ClN3O2S/c1-18-16(19-8-11-2-5-23-10-11)20-9-12-6-13(17)15-14(7-12)21-3-4-22-15/h2,5-7,10H,3-4,8-9H2,1H3,(H2,18,19,20). The van der Waals surface area contributed by atoms with Crippen molar-refractivity contribution >= 4 is 28.9 Å². The van der Waals surface area contributed by atoms with Gasteiger partial charge in [-0.15, -0.1) is 0 Å². The van der Waals surface area contributed by atoms with E-state index >= 15 is 0 Å². The van der Waals surface area contributed by atoms with Crippen LogP contribution >= 0.6 is 22.9 Å². The van der Waals surface area contributed by atoms with Crippen LogP contribution in [0.25, 0.3) is 0 Å². The predicted octanol–water partition coefficient (Wildman–Crippen LogP) is 3.04. The maximum atomic E-state index is 6.25. The second kappa shape index (κ2) is 7.57. The van der Waals surface area contributed by atoms with Crippen LogP contribution in [0.5, 0.6) is 11.5 Å². The number of guanidine groups is 1. The molecule has 0 bridgehead atoms. The zero-order valence-electron chi connectivity index (χ0n) is 12.8. The Balaban J connectivity index is 1.59. The molecule has 0 saturated carbocycles. The molecule has 3 rings (SSSR count). The quantitative estimate of drug-likeness (QED) is 0.656. The Morgan fingerprint density at radius 1 is 1.22 bits per heavy atom. The molecule has 1 aromatic carbocycles. The Bertz CT molecular complexity index is 689. The number of halogens is 1. The van der Waals surface area contributed by atoms with Gasteiger partial charge in [-0.1, -0.05) is 11.6 Å². The third-order valence-corrected chi connectivity index (χ3v) is 4.39. The molecule has 5 nitrogen and oxygen atoms in total. The molecular formula is C16H18ClN3O2S. The molecule has 0 aliphatic carbocycles.